The molecular formula is C13H18ClNO2. The molecule has 0 spiro atoms. The molecule has 1 aromatic rings. The van der Waals surface area contributed by atoms with Crippen LogP contribution in [0.1, 0.15) is 43.1 Å². The molecule has 2 rings (SSSR count). The molecule has 1 aliphatic rings. The van der Waals surface area contributed by atoms with Crippen LogP contribution in [0.15, 0.2) is 12.3 Å². The molecule has 17 heavy (non-hydrogen) atoms. The Kier molecular flexibility index (Phi) is 3.77. The maximum absolute atomic E-state index is 11.0. The molecule has 0 atom stereocenters. The number of carboxylic acids is 1. The van der Waals surface area contributed by atoms with Gasteiger partial charge in [-0.25, -0.2) is 4.79 Å². The zero-order valence-electron chi connectivity index (χ0n) is 10.0. The van der Waals surface area contributed by atoms with E-state index in [1.54, 1.807) is 10.8 Å². The van der Waals surface area contributed by atoms with Gasteiger partial charge in [-0.2, -0.15) is 0 Å². The Morgan fingerprint density at radius 2 is 2.12 bits per heavy atom. The SMILES string of the molecule is CC1CCC(Cn2cc(Cl)cc2C(=O)O)CC1. The quantitative estimate of drug-likeness (QED) is 0.896. The predicted octanol–water partition coefficient (Wildman–Crippen LogP) is 3.67. The first kappa shape index (κ1) is 12.5. The van der Waals surface area contributed by atoms with Crippen molar-refractivity contribution in [2.75, 3.05) is 0 Å². The summed E-state index contributed by atoms with van der Waals surface area (Å²) in [4.78, 5) is 11.0. The minimum absolute atomic E-state index is 0.300. The Bertz CT molecular complexity index is 406. The van der Waals surface area contributed by atoms with E-state index in [1.165, 1.54) is 31.7 Å². The molecule has 1 saturated carbocycles. The van der Waals surface area contributed by atoms with E-state index in [9.17, 15) is 4.79 Å². The summed E-state index contributed by atoms with van der Waals surface area (Å²) in [6, 6.07) is 1.52. The number of nitrogens with zero attached hydrogens (tertiary/aromatic N) is 1. The first-order valence-electron chi connectivity index (χ1n) is 6.15. The number of hydrogen-bond acceptors (Lipinski definition) is 1. The van der Waals surface area contributed by atoms with Crippen molar-refractivity contribution >= 4 is 17.6 Å². The van der Waals surface area contributed by atoms with Crippen LogP contribution in [0.2, 0.25) is 5.02 Å². The first-order valence-corrected chi connectivity index (χ1v) is 6.53. The molecule has 0 radical (unpaired) electrons. The molecular weight excluding hydrogens is 238 g/mol. The van der Waals surface area contributed by atoms with Crippen molar-refractivity contribution in [2.45, 2.75) is 39.2 Å². The summed E-state index contributed by atoms with van der Waals surface area (Å²) in [5.74, 6) is 0.507. The molecule has 0 aromatic carbocycles. The van der Waals surface area contributed by atoms with E-state index in [2.05, 4.69) is 6.92 Å². The van der Waals surface area contributed by atoms with E-state index in [4.69, 9.17) is 16.7 Å². The molecule has 1 aliphatic carbocycles. The molecule has 94 valence electrons. The zero-order chi connectivity index (χ0) is 12.4. The monoisotopic (exact) mass is 255 g/mol. The van der Waals surface area contributed by atoms with Gasteiger partial charge in [0.05, 0.1) is 5.02 Å². The van der Waals surface area contributed by atoms with Crippen molar-refractivity contribution in [3.8, 4) is 0 Å². The second-order valence-corrected chi connectivity index (χ2v) is 5.56. The van der Waals surface area contributed by atoms with E-state index < -0.39 is 5.97 Å². The minimum Gasteiger partial charge on any atom is -0.477 e. The van der Waals surface area contributed by atoms with Gasteiger partial charge in [-0.15, -0.1) is 0 Å². The largest absolute Gasteiger partial charge is 0.477 e. The Hall–Kier alpha value is -0.960. The van der Waals surface area contributed by atoms with Crippen LogP contribution in [0.4, 0.5) is 0 Å². The molecule has 3 nitrogen and oxygen atoms in total. The third-order valence-corrected chi connectivity index (χ3v) is 3.88. The third-order valence-electron chi connectivity index (χ3n) is 3.67. The fraction of sp³-hybridized carbons (Fsp3) is 0.615. The van der Waals surface area contributed by atoms with Gasteiger partial charge in [0.2, 0.25) is 0 Å². The number of carboxylic acid groups (broad SMARTS) is 1. The van der Waals surface area contributed by atoms with Crippen LogP contribution in [0.25, 0.3) is 0 Å². The molecule has 0 bridgehead atoms. The van der Waals surface area contributed by atoms with Crippen LogP contribution in [-0.2, 0) is 6.54 Å². The van der Waals surface area contributed by atoms with Crippen LogP contribution in [0.5, 0.6) is 0 Å². The summed E-state index contributed by atoms with van der Waals surface area (Å²) >= 11 is 5.87. The number of hydrogen-bond donors (Lipinski definition) is 1. The fourth-order valence-corrected chi connectivity index (χ4v) is 2.82. The summed E-state index contributed by atoms with van der Waals surface area (Å²) in [6.07, 6.45) is 6.61. The number of rotatable bonds is 3. The average molecular weight is 256 g/mol. The summed E-state index contributed by atoms with van der Waals surface area (Å²) in [5.41, 5.74) is 0.300. The lowest BCUT2D eigenvalue weighted by molar-refractivity contribution is 0.0683. The Labute approximate surface area is 106 Å². The Morgan fingerprint density at radius 3 is 2.71 bits per heavy atom. The molecule has 0 unspecified atom stereocenters. The lowest BCUT2D eigenvalue weighted by atomic mass is 9.83. The molecule has 0 amide bonds. The third kappa shape index (κ3) is 3.03. The predicted molar refractivity (Wildman–Crippen MR) is 67.5 cm³/mol. The highest BCUT2D eigenvalue weighted by Crippen LogP contribution is 2.30. The average Bonchev–Trinajstić information content (AvgIpc) is 2.63. The van der Waals surface area contributed by atoms with Crippen molar-refractivity contribution in [3.05, 3.63) is 23.0 Å². The van der Waals surface area contributed by atoms with E-state index >= 15 is 0 Å². The topological polar surface area (TPSA) is 42.2 Å². The highest BCUT2D eigenvalue weighted by atomic mass is 35.5. The maximum atomic E-state index is 11.0. The van der Waals surface area contributed by atoms with E-state index in [0.717, 1.165) is 12.5 Å². The van der Waals surface area contributed by atoms with Gasteiger partial charge in [-0.1, -0.05) is 31.4 Å². The standard InChI is InChI=1S/C13H18ClNO2/c1-9-2-4-10(5-3-9)7-15-8-11(14)6-12(15)13(16)17/h6,8-10H,2-5,7H2,1H3,(H,16,17). The second kappa shape index (κ2) is 5.13. The van der Waals surface area contributed by atoms with Gasteiger partial charge in [0.15, 0.2) is 0 Å². The maximum Gasteiger partial charge on any atom is 0.352 e. The molecule has 0 saturated heterocycles. The lowest BCUT2D eigenvalue weighted by Gasteiger charge is -2.26. The second-order valence-electron chi connectivity index (χ2n) is 5.13. The van der Waals surface area contributed by atoms with Crippen molar-refractivity contribution in [1.29, 1.82) is 0 Å². The Balaban J connectivity index is 2.05. The van der Waals surface area contributed by atoms with E-state index in [1.807, 2.05) is 0 Å². The van der Waals surface area contributed by atoms with Crippen molar-refractivity contribution in [3.63, 3.8) is 0 Å². The van der Waals surface area contributed by atoms with Crippen LogP contribution in [-0.4, -0.2) is 15.6 Å². The number of halogens is 1. The highest BCUT2D eigenvalue weighted by Gasteiger charge is 2.20. The van der Waals surface area contributed by atoms with Gasteiger partial charge in [0.1, 0.15) is 5.69 Å². The van der Waals surface area contributed by atoms with E-state index in [0.29, 0.717) is 16.6 Å². The van der Waals surface area contributed by atoms with Crippen LogP contribution in [0.3, 0.4) is 0 Å². The smallest absolute Gasteiger partial charge is 0.352 e. The van der Waals surface area contributed by atoms with Crippen LogP contribution >= 0.6 is 11.6 Å². The Morgan fingerprint density at radius 1 is 1.47 bits per heavy atom. The number of carbonyl (C=O) groups is 1. The van der Waals surface area contributed by atoms with Crippen molar-refractivity contribution < 1.29 is 9.90 Å². The van der Waals surface area contributed by atoms with Crippen LogP contribution < -0.4 is 0 Å². The summed E-state index contributed by atoms with van der Waals surface area (Å²) in [7, 11) is 0. The lowest BCUT2D eigenvalue weighted by Crippen LogP contribution is -2.19. The van der Waals surface area contributed by atoms with Gasteiger partial charge < -0.3 is 9.67 Å². The minimum atomic E-state index is -0.902. The summed E-state index contributed by atoms with van der Waals surface area (Å²) < 4.78 is 1.78. The molecule has 1 N–H and O–H groups in total. The summed E-state index contributed by atoms with van der Waals surface area (Å²) in [6.45, 7) is 3.06. The fourth-order valence-electron chi connectivity index (χ4n) is 2.59. The molecule has 4 heteroatoms. The first-order chi connectivity index (χ1) is 8.06. The highest BCUT2D eigenvalue weighted by molar-refractivity contribution is 6.30. The molecule has 1 fully saturated rings. The molecule has 1 heterocycles. The number of aromatic nitrogens is 1. The van der Waals surface area contributed by atoms with E-state index in [-0.39, 0.29) is 0 Å². The normalized spacial score (nSPS) is 24.8. The van der Waals surface area contributed by atoms with Gasteiger partial charge in [-0.05, 0) is 30.7 Å². The van der Waals surface area contributed by atoms with Gasteiger partial charge in [0.25, 0.3) is 0 Å². The molecule has 1 aromatic heterocycles. The van der Waals surface area contributed by atoms with Crippen LogP contribution in [0, 0.1) is 11.8 Å². The summed E-state index contributed by atoms with van der Waals surface area (Å²) in [5, 5.41) is 9.58. The van der Waals surface area contributed by atoms with Crippen molar-refractivity contribution in [1.82, 2.24) is 4.57 Å². The van der Waals surface area contributed by atoms with Gasteiger partial charge in [-0.3, -0.25) is 0 Å². The molecule has 0 aliphatic heterocycles. The zero-order valence-corrected chi connectivity index (χ0v) is 10.8. The van der Waals surface area contributed by atoms with Crippen molar-refractivity contribution in [2.24, 2.45) is 11.8 Å². The van der Waals surface area contributed by atoms with Gasteiger partial charge in [0, 0.05) is 12.7 Å². The number of aromatic carboxylic acids is 1. The van der Waals surface area contributed by atoms with Gasteiger partial charge >= 0.3 is 5.97 Å².